The topological polar surface area (TPSA) is 94.3 Å². The Morgan fingerprint density at radius 2 is 2.07 bits per heavy atom. The highest BCUT2D eigenvalue weighted by atomic mass is 16.5. The van der Waals surface area contributed by atoms with Crippen molar-refractivity contribution in [2.45, 2.75) is 63.8 Å². The zero-order chi connectivity index (χ0) is 20.9. The molecule has 2 aromatic heterocycles. The van der Waals surface area contributed by atoms with Gasteiger partial charge in [-0.25, -0.2) is 0 Å². The Kier molecular flexibility index (Phi) is 4.65. The third kappa shape index (κ3) is 3.40. The molecule has 5 rings (SSSR count). The molecule has 0 radical (unpaired) electrons. The van der Waals surface area contributed by atoms with Crippen LogP contribution in [-0.2, 0) is 31.4 Å². The number of aromatic nitrogens is 4. The molecule has 0 atom stereocenters. The van der Waals surface area contributed by atoms with Gasteiger partial charge in [-0.1, -0.05) is 0 Å². The molecule has 2 amide bonds. The van der Waals surface area contributed by atoms with Crippen LogP contribution in [0, 0.1) is 0 Å². The highest BCUT2D eigenvalue weighted by Crippen LogP contribution is 2.37. The van der Waals surface area contributed by atoms with E-state index in [0.29, 0.717) is 37.0 Å². The summed E-state index contributed by atoms with van der Waals surface area (Å²) in [5, 5.41) is 11.7. The smallest absolute Gasteiger partial charge is 0.272 e. The number of rotatable bonds is 4. The van der Waals surface area contributed by atoms with Crippen molar-refractivity contribution in [3.63, 3.8) is 0 Å². The van der Waals surface area contributed by atoms with Crippen LogP contribution in [0.15, 0.2) is 12.4 Å². The molecule has 2 aliphatic heterocycles. The molecule has 9 nitrogen and oxygen atoms in total. The highest BCUT2D eigenvalue weighted by molar-refractivity contribution is 5.94. The molecule has 0 unspecified atom stereocenters. The van der Waals surface area contributed by atoms with Crippen molar-refractivity contribution in [1.82, 2.24) is 29.8 Å². The van der Waals surface area contributed by atoms with Crippen molar-refractivity contribution in [3.8, 4) is 0 Å². The summed E-state index contributed by atoms with van der Waals surface area (Å²) >= 11 is 0. The van der Waals surface area contributed by atoms with Crippen LogP contribution in [0.2, 0.25) is 0 Å². The summed E-state index contributed by atoms with van der Waals surface area (Å²) in [6.07, 6.45) is 7.81. The zero-order valence-electron chi connectivity index (χ0n) is 17.6. The first-order valence-corrected chi connectivity index (χ1v) is 10.8. The molecule has 2 fully saturated rings. The van der Waals surface area contributed by atoms with E-state index in [0.717, 1.165) is 49.9 Å². The van der Waals surface area contributed by atoms with E-state index in [2.05, 4.69) is 15.5 Å². The SMILES string of the molecule is CCn1cc(C(=O)N2CCC3(CC2)Cc2c(c(C(=O)NC4CC4)nn2C)CO3)cn1. The molecular weight excluding hydrogens is 384 g/mol. The summed E-state index contributed by atoms with van der Waals surface area (Å²) in [4.78, 5) is 27.2. The van der Waals surface area contributed by atoms with Gasteiger partial charge in [0.15, 0.2) is 5.69 Å². The van der Waals surface area contributed by atoms with Crippen LogP contribution in [0.5, 0.6) is 0 Å². The van der Waals surface area contributed by atoms with Gasteiger partial charge in [0.05, 0.1) is 24.0 Å². The van der Waals surface area contributed by atoms with Gasteiger partial charge in [0.1, 0.15) is 0 Å². The molecule has 0 bridgehead atoms. The van der Waals surface area contributed by atoms with Crippen molar-refractivity contribution >= 4 is 11.8 Å². The maximum absolute atomic E-state index is 12.8. The van der Waals surface area contributed by atoms with E-state index in [1.54, 1.807) is 17.1 Å². The summed E-state index contributed by atoms with van der Waals surface area (Å²) < 4.78 is 9.92. The Bertz CT molecular complexity index is 981. The quantitative estimate of drug-likeness (QED) is 0.816. The third-order valence-electron chi connectivity index (χ3n) is 6.58. The van der Waals surface area contributed by atoms with E-state index in [1.807, 2.05) is 23.6 Å². The van der Waals surface area contributed by atoms with Gasteiger partial charge in [0.2, 0.25) is 0 Å². The molecule has 9 heteroatoms. The van der Waals surface area contributed by atoms with Crippen LogP contribution < -0.4 is 5.32 Å². The average molecular weight is 412 g/mol. The minimum absolute atomic E-state index is 0.0283. The number of ether oxygens (including phenoxy) is 1. The van der Waals surface area contributed by atoms with Crippen molar-refractivity contribution in [2.75, 3.05) is 13.1 Å². The minimum Gasteiger partial charge on any atom is -0.370 e. The minimum atomic E-state index is -0.296. The van der Waals surface area contributed by atoms with Crippen molar-refractivity contribution in [1.29, 1.82) is 0 Å². The lowest BCUT2D eigenvalue weighted by Gasteiger charge is -2.43. The fraction of sp³-hybridized carbons (Fsp3) is 0.619. The van der Waals surface area contributed by atoms with Gasteiger partial charge in [0.25, 0.3) is 11.8 Å². The Morgan fingerprint density at radius 3 is 2.73 bits per heavy atom. The fourth-order valence-electron chi connectivity index (χ4n) is 4.49. The molecule has 3 aliphatic rings. The van der Waals surface area contributed by atoms with Crippen LogP contribution in [0.4, 0.5) is 0 Å². The number of hydrogen-bond acceptors (Lipinski definition) is 5. The molecule has 1 saturated carbocycles. The lowest BCUT2D eigenvalue weighted by molar-refractivity contribution is -0.0990. The van der Waals surface area contributed by atoms with E-state index in [-0.39, 0.29) is 17.4 Å². The fourth-order valence-corrected chi connectivity index (χ4v) is 4.49. The number of nitrogens with one attached hydrogen (secondary N) is 1. The van der Waals surface area contributed by atoms with E-state index in [9.17, 15) is 9.59 Å². The highest BCUT2D eigenvalue weighted by Gasteiger charge is 2.43. The van der Waals surface area contributed by atoms with Crippen molar-refractivity contribution in [2.24, 2.45) is 7.05 Å². The number of nitrogens with zero attached hydrogens (tertiary/aromatic N) is 5. The maximum Gasteiger partial charge on any atom is 0.272 e. The number of carbonyl (C=O) groups excluding carboxylic acids is 2. The normalized spacial score (nSPS) is 20.3. The second kappa shape index (κ2) is 7.23. The summed E-state index contributed by atoms with van der Waals surface area (Å²) in [6.45, 7) is 4.45. The predicted molar refractivity (Wildman–Crippen MR) is 108 cm³/mol. The molecule has 1 spiro atoms. The van der Waals surface area contributed by atoms with Gasteiger partial charge in [-0.05, 0) is 32.6 Å². The van der Waals surface area contributed by atoms with Crippen molar-refractivity contribution < 1.29 is 14.3 Å². The molecule has 160 valence electrons. The monoisotopic (exact) mass is 412 g/mol. The van der Waals surface area contributed by atoms with Crippen LogP contribution in [0.25, 0.3) is 0 Å². The standard InChI is InChI=1S/C21H28N6O3/c1-3-27-12-14(11-22-27)20(29)26-8-6-21(7-9-26)10-17-16(13-30-21)18(24-25(17)2)19(28)23-15-4-5-15/h11-12,15H,3-10,13H2,1-2H3,(H,23,28). The molecule has 1 aliphatic carbocycles. The number of hydrogen-bond donors (Lipinski definition) is 1. The summed E-state index contributed by atoms with van der Waals surface area (Å²) in [6, 6.07) is 0.303. The number of amides is 2. The number of fused-ring (bicyclic) bond motifs is 1. The van der Waals surface area contributed by atoms with Crippen LogP contribution in [-0.4, -0.2) is 61.0 Å². The predicted octanol–water partition coefficient (Wildman–Crippen LogP) is 1.28. The number of piperidine rings is 1. The summed E-state index contributed by atoms with van der Waals surface area (Å²) in [5.74, 6) is -0.0671. The third-order valence-corrected chi connectivity index (χ3v) is 6.58. The van der Waals surface area contributed by atoms with Gasteiger partial charge in [-0.2, -0.15) is 10.2 Å². The average Bonchev–Trinajstić information content (AvgIpc) is 3.33. The van der Waals surface area contributed by atoms with Crippen molar-refractivity contribution in [3.05, 3.63) is 34.9 Å². The Balaban J connectivity index is 1.26. The lowest BCUT2D eigenvalue weighted by atomic mass is 9.83. The van der Waals surface area contributed by atoms with E-state index in [1.165, 1.54) is 0 Å². The Morgan fingerprint density at radius 1 is 1.30 bits per heavy atom. The summed E-state index contributed by atoms with van der Waals surface area (Å²) in [7, 11) is 1.90. The number of likely N-dealkylation sites (tertiary alicyclic amines) is 1. The van der Waals surface area contributed by atoms with Gasteiger partial charge in [0, 0.05) is 56.6 Å². The molecular formula is C21H28N6O3. The molecule has 1 N–H and O–H groups in total. The second-order valence-electron chi connectivity index (χ2n) is 8.67. The molecule has 1 saturated heterocycles. The number of aryl methyl sites for hydroxylation is 2. The lowest BCUT2D eigenvalue weighted by Crippen LogP contribution is -2.50. The van der Waals surface area contributed by atoms with E-state index in [4.69, 9.17) is 4.74 Å². The first-order chi connectivity index (χ1) is 14.5. The zero-order valence-corrected chi connectivity index (χ0v) is 17.6. The van der Waals surface area contributed by atoms with E-state index >= 15 is 0 Å². The Hall–Kier alpha value is -2.68. The van der Waals surface area contributed by atoms with Gasteiger partial charge in [-0.3, -0.25) is 19.0 Å². The molecule has 0 aromatic carbocycles. The van der Waals surface area contributed by atoms with Gasteiger partial charge in [-0.15, -0.1) is 0 Å². The van der Waals surface area contributed by atoms with Crippen LogP contribution >= 0.6 is 0 Å². The first kappa shape index (κ1) is 19.3. The molecule has 4 heterocycles. The van der Waals surface area contributed by atoms with E-state index < -0.39 is 0 Å². The second-order valence-corrected chi connectivity index (χ2v) is 8.67. The van der Waals surface area contributed by atoms with Crippen LogP contribution in [0.1, 0.15) is 64.7 Å². The van der Waals surface area contributed by atoms with Gasteiger partial charge >= 0.3 is 0 Å². The molecule has 30 heavy (non-hydrogen) atoms. The van der Waals surface area contributed by atoms with Gasteiger partial charge < -0.3 is 15.0 Å². The number of carbonyl (C=O) groups is 2. The molecule has 2 aromatic rings. The maximum atomic E-state index is 12.8. The summed E-state index contributed by atoms with van der Waals surface area (Å²) in [5.41, 5.74) is 2.82. The first-order valence-electron chi connectivity index (χ1n) is 10.8. The largest absolute Gasteiger partial charge is 0.370 e. The Labute approximate surface area is 175 Å². The van der Waals surface area contributed by atoms with Crippen LogP contribution in [0.3, 0.4) is 0 Å².